The van der Waals surface area contributed by atoms with Gasteiger partial charge in [0, 0.05) is 50.8 Å². The summed E-state index contributed by atoms with van der Waals surface area (Å²) in [4.78, 5) is 9.37. The second-order valence-corrected chi connectivity index (χ2v) is 12.1. The van der Waals surface area contributed by atoms with Gasteiger partial charge < -0.3 is 18.8 Å². The molecule has 46 heavy (non-hydrogen) atoms. The van der Waals surface area contributed by atoms with Crippen LogP contribution in [0.3, 0.4) is 0 Å². The van der Waals surface area contributed by atoms with E-state index < -0.39 is 0 Å². The Bertz CT molecular complexity index is 1930. The molecule has 2 aliphatic heterocycles. The average Bonchev–Trinajstić information content (AvgIpc) is 3.71. The fraction of sp³-hybridized carbons (Fsp3) is 0.167. The van der Waals surface area contributed by atoms with Crippen molar-refractivity contribution in [3.63, 3.8) is 0 Å². The average molecular weight is 781 g/mol. The number of imidazole rings is 1. The summed E-state index contributed by atoms with van der Waals surface area (Å²) >= 11 is 0. The summed E-state index contributed by atoms with van der Waals surface area (Å²) < 4.78 is 12.9. The van der Waals surface area contributed by atoms with Crippen molar-refractivity contribution in [1.29, 1.82) is 0 Å². The van der Waals surface area contributed by atoms with E-state index in [-0.39, 0.29) is 35.0 Å². The predicted octanol–water partition coefficient (Wildman–Crippen LogP) is 4.44. The summed E-state index contributed by atoms with van der Waals surface area (Å²) in [6.45, 7) is 8.70. The van der Waals surface area contributed by atoms with E-state index in [1.165, 1.54) is 33.2 Å². The van der Waals surface area contributed by atoms with E-state index >= 15 is 0 Å². The van der Waals surface area contributed by atoms with Gasteiger partial charge in [-0.15, -0.1) is 18.2 Å². The molecule has 0 atom stereocenters. The zero-order valence-corrected chi connectivity index (χ0v) is 28.9. The van der Waals surface area contributed by atoms with Crippen molar-refractivity contribution in [2.75, 3.05) is 23.7 Å². The zero-order valence-electron chi connectivity index (χ0n) is 26.6. The molecule has 4 heterocycles. The number of aromatic nitrogens is 4. The minimum Gasteiger partial charge on any atom is -0.504 e. The van der Waals surface area contributed by atoms with Gasteiger partial charge in [-0.3, -0.25) is 4.98 Å². The van der Waals surface area contributed by atoms with Crippen molar-refractivity contribution in [3.05, 3.63) is 126 Å². The molecule has 0 unspecified atom stereocenters. The summed E-state index contributed by atoms with van der Waals surface area (Å²) in [6, 6.07) is 30.1. The first kappa shape index (κ1) is 30.2. The Morgan fingerprint density at radius 3 is 1.98 bits per heavy atom. The van der Waals surface area contributed by atoms with Gasteiger partial charge in [-0.25, -0.2) is 9.27 Å². The number of aryl methyl sites for hydroxylation is 4. The minimum absolute atomic E-state index is 0. The summed E-state index contributed by atoms with van der Waals surface area (Å²) in [5.74, 6) is 2.09. The van der Waals surface area contributed by atoms with Crippen molar-refractivity contribution in [2.45, 2.75) is 27.7 Å². The van der Waals surface area contributed by atoms with Gasteiger partial charge in [0.15, 0.2) is 0 Å². The van der Waals surface area contributed by atoms with Crippen LogP contribution in [0.1, 0.15) is 22.3 Å². The molecule has 0 fully saturated rings. The molecular formula is C36H32B2N6OPt-2. The van der Waals surface area contributed by atoms with Crippen LogP contribution in [0.15, 0.2) is 85.3 Å². The van der Waals surface area contributed by atoms with Crippen LogP contribution in [-0.2, 0) is 21.1 Å². The molecule has 10 heteroatoms. The van der Waals surface area contributed by atoms with E-state index in [4.69, 9.17) is 9.72 Å². The van der Waals surface area contributed by atoms with Crippen LogP contribution < -0.4 is 30.0 Å². The van der Waals surface area contributed by atoms with Gasteiger partial charge in [0.1, 0.15) is 6.20 Å². The number of benzene rings is 4. The largest absolute Gasteiger partial charge is 0.504 e. The third-order valence-corrected chi connectivity index (χ3v) is 9.36. The maximum Gasteiger partial charge on any atom is 0.448 e. The van der Waals surface area contributed by atoms with Crippen LogP contribution in [0.4, 0.5) is 11.4 Å². The van der Waals surface area contributed by atoms with Crippen LogP contribution in [0.25, 0.3) is 17.1 Å². The maximum absolute atomic E-state index is 6.44. The van der Waals surface area contributed by atoms with E-state index in [2.05, 4.69) is 140 Å². The summed E-state index contributed by atoms with van der Waals surface area (Å²) in [7, 11) is 4.27. The maximum atomic E-state index is 6.44. The standard InChI is InChI=1S/C36H32B2N6O.Pt/c1-24-10-7-11-25(2)34(24)37-40(5)31-16-14-28(22-30(31)36-39-18-21-42(36)37)45-29-15-17-32-33(23-29)43-19-9-20-44(43)38(41(32)6)35-26(3)12-8-13-27(35)4;/h7-18,20-21H,1-6H3;/q-2;. The summed E-state index contributed by atoms with van der Waals surface area (Å²) in [5.41, 5.74) is 11.5. The number of rotatable bonds is 4. The Labute approximate surface area is 285 Å². The normalized spacial score (nSPS) is 13.1. The molecule has 2 aliphatic rings. The van der Waals surface area contributed by atoms with Crippen molar-refractivity contribution in [3.8, 4) is 28.6 Å². The zero-order chi connectivity index (χ0) is 31.0. The number of fused-ring (bicyclic) bond motifs is 6. The van der Waals surface area contributed by atoms with E-state index in [0.29, 0.717) is 11.5 Å². The van der Waals surface area contributed by atoms with Crippen LogP contribution in [0, 0.1) is 46.0 Å². The first-order valence-corrected chi connectivity index (χ1v) is 15.2. The number of nitrogens with zero attached hydrogens (tertiary/aromatic N) is 6. The minimum atomic E-state index is -0.00730. The summed E-state index contributed by atoms with van der Waals surface area (Å²) in [5, 5.41) is 0. The van der Waals surface area contributed by atoms with Gasteiger partial charge in [0.2, 0.25) is 0 Å². The van der Waals surface area contributed by atoms with E-state index in [0.717, 1.165) is 28.5 Å². The van der Waals surface area contributed by atoms with Crippen molar-refractivity contribution in [2.24, 2.45) is 0 Å². The van der Waals surface area contributed by atoms with Crippen molar-refractivity contribution < 1.29 is 30.5 Å². The molecule has 0 N–H and O–H groups in total. The monoisotopic (exact) mass is 781 g/mol. The Morgan fingerprint density at radius 1 is 0.717 bits per heavy atom. The molecule has 4 aromatic carbocycles. The molecule has 6 aromatic rings. The molecule has 230 valence electrons. The van der Waals surface area contributed by atoms with Gasteiger partial charge in [0.25, 0.3) is 0 Å². The SMILES string of the molecule is Cc1cccc(C)c1B1N(C)c2ccc(Oc3[c-]c4c(cc3)N(C)B(c3c(C)cccc3C)n3cc[c-][n+]3-4)[c-]c2-c2nccn21.[Pt]. The molecule has 7 nitrogen and oxygen atoms in total. The first-order valence-electron chi connectivity index (χ1n) is 15.2. The molecule has 0 amide bonds. The fourth-order valence-corrected chi connectivity index (χ4v) is 7.21. The molecule has 8 rings (SSSR count). The first-order chi connectivity index (χ1) is 21.8. The van der Waals surface area contributed by atoms with Gasteiger partial charge in [-0.1, -0.05) is 93.8 Å². The Balaban J connectivity index is 0.00000338. The van der Waals surface area contributed by atoms with Gasteiger partial charge in [-0.05, 0) is 58.9 Å². The Kier molecular flexibility index (Phi) is 7.48. The van der Waals surface area contributed by atoms with Crippen LogP contribution in [0.5, 0.6) is 11.5 Å². The molecule has 0 saturated heterocycles. The second kappa shape index (κ2) is 11.4. The van der Waals surface area contributed by atoms with E-state index in [9.17, 15) is 0 Å². The quantitative estimate of drug-likeness (QED) is 0.151. The molecule has 0 radical (unpaired) electrons. The van der Waals surface area contributed by atoms with Crippen molar-refractivity contribution >= 4 is 36.3 Å². The Hall–Kier alpha value is -4.48. The molecule has 0 bridgehead atoms. The Morgan fingerprint density at radius 2 is 1.30 bits per heavy atom. The summed E-state index contributed by atoms with van der Waals surface area (Å²) in [6.07, 6.45) is 9.37. The van der Waals surface area contributed by atoms with Crippen molar-refractivity contribution in [1.82, 2.24) is 14.1 Å². The number of anilines is 2. The molecule has 0 aliphatic carbocycles. The molecule has 0 saturated carbocycles. The number of ether oxygens (including phenoxy) is 1. The third-order valence-electron chi connectivity index (χ3n) is 9.36. The fourth-order valence-electron chi connectivity index (χ4n) is 7.21. The molecule has 0 spiro atoms. The van der Waals surface area contributed by atoms with E-state index in [1.54, 1.807) is 0 Å². The van der Waals surface area contributed by atoms with Crippen LogP contribution >= 0.6 is 0 Å². The smallest absolute Gasteiger partial charge is 0.448 e. The molecule has 2 aromatic heterocycles. The third kappa shape index (κ3) is 4.55. The second-order valence-electron chi connectivity index (χ2n) is 12.1. The van der Waals surface area contributed by atoms with Gasteiger partial charge >= 0.3 is 14.0 Å². The molecular weight excluding hydrogens is 749 g/mol. The van der Waals surface area contributed by atoms with Gasteiger partial charge in [0.05, 0.1) is 5.69 Å². The topological polar surface area (TPSA) is 42.3 Å². The van der Waals surface area contributed by atoms with E-state index in [1.807, 2.05) is 29.1 Å². The van der Waals surface area contributed by atoms with Gasteiger partial charge in [-0.2, -0.15) is 6.07 Å². The number of hydrogen-bond donors (Lipinski definition) is 0. The van der Waals surface area contributed by atoms with Crippen LogP contribution in [-0.4, -0.2) is 42.1 Å². The number of hydrogen-bond acceptors (Lipinski definition) is 4. The van der Waals surface area contributed by atoms with Crippen LogP contribution in [0.2, 0.25) is 0 Å². The predicted molar refractivity (Wildman–Crippen MR) is 180 cm³/mol.